The van der Waals surface area contributed by atoms with E-state index in [9.17, 15) is 0 Å². The molecule has 1 heterocycles. The standard InChI is InChI=1S/C8H6BrN3O/c1-6(9)5-13-7-3-11-8(2-10)12-4-7/h3-4H,1,5H2. The third-order valence-corrected chi connectivity index (χ3v) is 1.35. The first-order valence-electron chi connectivity index (χ1n) is 3.40. The minimum absolute atomic E-state index is 0.130. The van der Waals surface area contributed by atoms with Crippen LogP contribution in [0.25, 0.3) is 0 Å². The molecular formula is C8H6BrN3O. The maximum Gasteiger partial charge on any atom is 0.232 e. The van der Waals surface area contributed by atoms with Gasteiger partial charge in [-0.25, -0.2) is 9.97 Å². The second-order valence-electron chi connectivity index (χ2n) is 2.16. The van der Waals surface area contributed by atoms with Crippen molar-refractivity contribution >= 4 is 15.9 Å². The number of hydrogen-bond donors (Lipinski definition) is 0. The molecule has 0 N–H and O–H groups in total. The van der Waals surface area contributed by atoms with E-state index < -0.39 is 0 Å². The molecule has 0 amide bonds. The molecule has 0 saturated heterocycles. The summed E-state index contributed by atoms with van der Waals surface area (Å²) >= 11 is 3.15. The Hall–Kier alpha value is -1.41. The fraction of sp³-hybridized carbons (Fsp3) is 0.125. The maximum atomic E-state index is 8.41. The molecule has 0 aliphatic rings. The van der Waals surface area contributed by atoms with Gasteiger partial charge in [-0.05, 0) is 0 Å². The van der Waals surface area contributed by atoms with Crippen molar-refractivity contribution in [2.24, 2.45) is 0 Å². The van der Waals surface area contributed by atoms with Crippen LogP contribution in [-0.2, 0) is 0 Å². The number of halogens is 1. The van der Waals surface area contributed by atoms with Gasteiger partial charge in [0.05, 0.1) is 12.4 Å². The number of aromatic nitrogens is 2. The number of hydrogen-bond acceptors (Lipinski definition) is 4. The van der Waals surface area contributed by atoms with Gasteiger partial charge in [0, 0.05) is 4.48 Å². The Kier molecular flexibility index (Phi) is 3.41. The van der Waals surface area contributed by atoms with E-state index in [1.165, 1.54) is 12.4 Å². The van der Waals surface area contributed by atoms with E-state index >= 15 is 0 Å². The quantitative estimate of drug-likeness (QED) is 0.805. The summed E-state index contributed by atoms with van der Waals surface area (Å²) in [5.74, 6) is 0.643. The van der Waals surface area contributed by atoms with Crippen LogP contribution in [0, 0.1) is 11.3 Å². The van der Waals surface area contributed by atoms with E-state index in [4.69, 9.17) is 10.00 Å². The molecule has 1 aromatic heterocycles. The number of nitrogens with zero attached hydrogens (tertiary/aromatic N) is 3. The van der Waals surface area contributed by atoms with E-state index in [0.717, 1.165) is 4.48 Å². The van der Waals surface area contributed by atoms with Crippen molar-refractivity contribution in [1.29, 1.82) is 5.26 Å². The maximum absolute atomic E-state index is 8.41. The van der Waals surface area contributed by atoms with Crippen molar-refractivity contribution in [3.63, 3.8) is 0 Å². The van der Waals surface area contributed by atoms with E-state index in [1.807, 2.05) is 6.07 Å². The molecule has 0 aromatic carbocycles. The molecule has 13 heavy (non-hydrogen) atoms. The normalized spacial score (nSPS) is 8.92. The van der Waals surface area contributed by atoms with Crippen LogP contribution >= 0.6 is 15.9 Å². The fourth-order valence-electron chi connectivity index (χ4n) is 0.610. The van der Waals surface area contributed by atoms with Crippen LogP contribution in [0.2, 0.25) is 0 Å². The summed E-state index contributed by atoms with van der Waals surface area (Å²) in [6.07, 6.45) is 2.89. The molecule has 0 saturated carbocycles. The third-order valence-electron chi connectivity index (χ3n) is 1.12. The Labute approximate surface area is 84.0 Å². The first kappa shape index (κ1) is 9.68. The molecule has 0 aliphatic heterocycles. The molecule has 0 spiro atoms. The minimum Gasteiger partial charge on any atom is -0.485 e. The van der Waals surface area contributed by atoms with Gasteiger partial charge in [-0.2, -0.15) is 5.26 Å². The number of rotatable bonds is 3. The molecule has 1 aromatic rings. The number of ether oxygens (including phenoxy) is 1. The van der Waals surface area contributed by atoms with Crippen LogP contribution < -0.4 is 4.74 Å². The van der Waals surface area contributed by atoms with Crippen molar-refractivity contribution in [3.05, 3.63) is 29.3 Å². The summed E-state index contributed by atoms with van der Waals surface area (Å²) in [4.78, 5) is 7.47. The zero-order chi connectivity index (χ0) is 9.68. The smallest absolute Gasteiger partial charge is 0.232 e. The van der Waals surface area contributed by atoms with Crippen LogP contribution in [0.15, 0.2) is 23.5 Å². The molecule has 1 rings (SSSR count). The van der Waals surface area contributed by atoms with Gasteiger partial charge < -0.3 is 4.74 Å². The second kappa shape index (κ2) is 4.58. The van der Waals surface area contributed by atoms with Crippen molar-refractivity contribution in [2.45, 2.75) is 0 Å². The zero-order valence-electron chi connectivity index (χ0n) is 6.70. The number of nitriles is 1. The molecule has 4 nitrogen and oxygen atoms in total. The summed E-state index contributed by atoms with van der Waals surface area (Å²) in [6.45, 7) is 3.96. The lowest BCUT2D eigenvalue weighted by Crippen LogP contribution is -1.98. The average Bonchev–Trinajstić information content (AvgIpc) is 2.15. The lowest BCUT2D eigenvalue weighted by molar-refractivity contribution is 0.357. The Balaban J connectivity index is 2.60. The summed E-state index contributed by atoms with van der Waals surface area (Å²) in [5, 5.41) is 8.41. The minimum atomic E-state index is 0.130. The van der Waals surface area contributed by atoms with E-state index in [1.54, 1.807) is 0 Å². The molecule has 0 atom stereocenters. The molecule has 66 valence electrons. The molecular weight excluding hydrogens is 234 g/mol. The molecule has 0 bridgehead atoms. The van der Waals surface area contributed by atoms with Crippen LogP contribution in [0.3, 0.4) is 0 Å². The fourth-order valence-corrected chi connectivity index (χ4v) is 0.725. The van der Waals surface area contributed by atoms with Crippen molar-refractivity contribution in [1.82, 2.24) is 9.97 Å². The Morgan fingerprint density at radius 3 is 2.69 bits per heavy atom. The van der Waals surface area contributed by atoms with Gasteiger partial charge >= 0.3 is 0 Å². The van der Waals surface area contributed by atoms with E-state index in [2.05, 4.69) is 32.5 Å². The molecule has 0 radical (unpaired) electrons. The molecule has 0 aliphatic carbocycles. The topological polar surface area (TPSA) is 58.8 Å². The zero-order valence-corrected chi connectivity index (χ0v) is 8.28. The molecule has 0 unspecified atom stereocenters. The second-order valence-corrected chi connectivity index (χ2v) is 3.28. The van der Waals surface area contributed by atoms with Gasteiger partial charge in [0.25, 0.3) is 0 Å². The van der Waals surface area contributed by atoms with Crippen LogP contribution in [0.1, 0.15) is 5.82 Å². The van der Waals surface area contributed by atoms with Crippen molar-refractivity contribution in [2.75, 3.05) is 6.61 Å². The van der Waals surface area contributed by atoms with Gasteiger partial charge in [0.1, 0.15) is 12.7 Å². The summed E-state index contributed by atoms with van der Waals surface area (Å²) in [5.41, 5.74) is 0. The highest BCUT2D eigenvalue weighted by Gasteiger charge is 1.96. The van der Waals surface area contributed by atoms with Crippen molar-refractivity contribution < 1.29 is 4.74 Å². The van der Waals surface area contributed by atoms with Gasteiger partial charge in [-0.3, -0.25) is 0 Å². The summed E-state index contributed by atoms with van der Waals surface area (Å²) in [6, 6.07) is 1.81. The van der Waals surface area contributed by atoms with Crippen LogP contribution in [0.4, 0.5) is 0 Å². The lowest BCUT2D eigenvalue weighted by atomic mass is 10.5. The highest BCUT2D eigenvalue weighted by Crippen LogP contribution is 2.09. The molecule has 0 fully saturated rings. The van der Waals surface area contributed by atoms with Gasteiger partial charge in [-0.15, -0.1) is 0 Å². The molecule has 5 heteroatoms. The van der Waals surface area contributed by atoms with Gasteiger partial charge in [-0.1, -0.05) is 22.5 Å². The SMILES string of the molecule is C=C(Br)COc1cnc(C#N)nc1. The summed E-state index contributed by atoms with van der Waals surface area (Å²) in [7, 11) is 0. The first-order valence-corrected chi connectivity index (χ1v) is 4.20. The highest BCUT2D eigenvalue weighted by molar-refractivity contribution is 9.11. The Morgan fingerprint density at radius 1 is 1.62 bits per heavy atom. The van der Waals surface area contributed by atoms with E-state index in [-0.39, 0.29) is 5.82 Å². The van der Waals surface area contributed by atoms with Gasteiger partial charge in [0.2, 0.25) is 5.82 Å². The Bertz CT molecular complexity index is 341. The van der Waals surface area contributed by atoms with Crippen LogP contribution in [0.5, 0.6) is 5.75 Å². The monoisotopic (exact) mass is 239 g/mol. The predicted molar refractivity (Wildman–Crippen MR) is 50.3 cm³/mol. The average molecular weight is 240 g/mol. The first-order chi connectivity index (χ1) is 6.22. The Morgan fingerprint density at radius 2 is 2.23 bits per heavy atom. The summed E-state index contributed by atoms with van der Waals surface area (Å²) < 4.78 is 5.92. The third kappa shape index (κ3) is 3.22. The lowest BCUT2D eigenvalue weighted by Gasteiger charge is -2.02. The van der Waals surface area contributed by atoms with Crippen molar-refractivity contribution in [3.8, 4) is 11.8 Å². The highest BCUT2D eigenvalue weighted by atomic mass is 79.9. The predicted octanol–water partition coefficient (Wildman–Crippen LogP) is 1.64. The largest absolute Gasteiger partial charge is 0.485 e. The van der Waals surface area contributed by atoms with E-state index in [0.29, 0.717) is 12.4 Å². The van der Waals surface area contributed by atoms with Crippen LogP contribution in [-0.4, -0.2) is 16.6 Å². The van der Waals surface area contributed by atoms with Gasteiger partial charge in [0.15, 0.2) is 5.75 Å².